The highest BCUT2D eigenvalue weighted by Crippen LogP contribution is 2.45. The van der Waals surface area contributed by atoms with E-state index >= 15 is 0 Å². The Morgan fingerprint density at radius 3 is 0.821 bits per heavy atom. The van der Waals surface area contributed by atoms with E-state index in [0.717, 1.165) is 21.5 Å². The van der Waals surface area contributed by atoms with Crippen molar-refractivity contribution in [2.45, 2.75) is 0 Å². The first-order chi connectivity index (χ1) is 13.6. The van der Waals surface area contributed by atoms with Gasteiger partial charge in [0.1, 0.15) is 0 Å². The molecule has 4 nitrogen and oxygen atoms in total. The Labute approximate surface area is 154 Å². The summed E-state index contributed by atoms with van der Waals surface area (Å²) in [5.41, 5.74) is -2.11. The van der Waals surface area contributed by atoms with E-state index in [2.05, 4.69) is 0 Å². The van der Waals surface area contributed by atoms with Crippen molar-refractivity contribution in [3.63, 3.8) is 0 Å². The lowest BCUT2D eigenvalue weighted by Crippen LogP contribution is -2.26. The zero-order valence-corrected chi connectivity index (χ0v) is 14.3. The fourth-order valence-corrected chi connectivity index (χ4v) is 5.12. The van der Waals surface area contributed by atoms with Gasteiger partial charge in [-0.1, -0.05) is 24.3 Å². The molecule has 4 heteroatoms. The highest BCUT2D eigenvalue weighted by molar-refractivity contribution is 6.44. The first-order valence-electron chi connectivity index (χ1n) is 8.96. The van der Waals surface area contributed by atoms with E-state index in [1.165, 1.54) is 0 Å². The molecule has 0 saturated carbocycles. The van der Waals surface area contributed by atoms with Gasteiger partial charge in [0, 0.05) is 43.1 Å². The van der Waals surface area contributed by atoms with Gasteiger partial charge >= 0.3 is 0 Å². The summed E-state index contributed by atoms with van der Waals surface area (Å²) in [6.45, 7) is 0. The van der Waals surface area contributed by atoms with Crippen LogP contribution in [0.3, 0.4) is 0 Å². The molecule has 0 aliphatic rings. The van der Waals surface area contributed by atoms with Crippen LogP contribution >= 0.6 is 0 Å². The van der Waals surface area contributed by atoms with Crippen molar-refractivity contribution in [3.05, 3.63) is 89.4 Å². The summed E-state index contributed by atoms with van der Waals surface area (Å²) in [7, 11) is 0. The molecule has 7 rings (SSSR count). The van der Waals surface area contributed by atoms with Crippen LogP contribution in [0.5, 0.6) is 0 Å². The topological polar surface area (TPSA) is 68.3 Å². The lowest BCUT2D eigenvalue weighted by molar-refractivity contribution is 1.59. The molecule has 128 valence electrons. The Morgan fingerprint density at radius 2 is 0.571 bits per heavy atom. The normalized spacial score (nSPS) is 12.9. The average Bonchev–Trinajstić information content (AvgIpc) is 2.73. The maximum absolute atomic E-state index is 12.8. The lowest BCUT2D eigenvalue weighted by atomic mass is 9.82. The Hall–Kier alpha value is -3.92. The van der Waals surface area contributed by atoms with E-state index in [1.807, 2.05) is 0 Å². The van der Waals surface area contributed by atoms with Crippen LogP contribution in [0.25, 0.3) is 64.6 Å². The van der Waals surface area contributed by atoms with Crippen molar-refractivity contribution >= 4 is 64.6 Å². The maximum Gasteiger partial charge on any atom is 0.234 e. The Bertz CT molecular complexity index is 1710. The van der Waals surface area contributed by atoms with Crippen LogP contribution in [0.4, 0.5) is 0 Å². The van der Waals surface area contributed by atoms with Crippen molar-refractivity contribution in [1.82, 2.24) is 0 Å². The maximum atomic E-state index is 12.8. The molecule has 7 aromatic rings. The molecule has 0 aliphatic heterocycles. The molecule has 0 aliphatic carbocycles. The van der Waals surface area contributed by atoms with Crippen LogP contribution in [-0.2, 0) is 0 Å². The third-order valence-corrected chi connectivity index (χ3v) is 6.26. The van der Waals surface area contributed by atoms with Crippen molar-refractivity contribution in [1.29, 1.82) is 0 Å². The van der Waals surface area contributed by atoms with Crippen molar-refractivity contribution in [2.24, 2.45) is 0 Å². The van der Waals surface area contributed by atoms with Crippen molar-refractivity contribution < 1.29 is 0 Å². The second-order valence-corrected chi connectivity index (χ2v) is 7.47. The molecular weight excluding hydrogens is 352 g/mol. The second-order valence-electron chi connectivity index (χ2n) is 7.47. The number of hydrogen-bond donors (Lipinski definition) is 0. The molecular formula is C24H8O4. The fraction of sp³-hybridized carbons (Fsp3) is 0. The van der Waals surface area contributed by atoms with Gasteiger partial charge in [-0.15, -0.1) is 0 Å². The first-order valence-corrected chi connectivity index (χ1v) is 8.96. The second kappa shape index (κ2) is 4.15. The molecule has 0 radical (unpaired) electrons. The monoisotopic (exact) mass is 360 g/mol. The molecule has 7 aromatic carbocycles. The molecule has 0 amide bonds. The summed E-state index contributed by atoms with van der Waals surface area (Å²) in [4.78, 5) is 51.1. The zero-order chi connectivity index (χ0) is 18.9. The minimum Gasteiger partial charge on any atom is -0.285 e. The Kier molecular flexibility index (Phi) is 2.10. The van der Waals surface area contributed by atoms with E-state index in [0.29, 0.717) is 43.1 Å². The third-order valence-electron chi connectivity index (χ3n) is 6.26. The van der Waals surface area contributed by atoms with Gasteiger partial charge < -0.3 is 0 Å². The van der Waals surface area contributed by atoms with Gasteiger partial charge in [-0.25, -0.2) is 0 Å². The van der Waals surface area contributed by atoms with Crippen LogP contribution in [0, 0.1) is 0 Å². The Morgan fingerprint density at radius 1 is 0.321 bits per heavy atom. The number of rotatable bonds is 0. The van der Waals surface area contributed by atoms with Crippen LogP contribution in [0.2, 0.25) is 0 Å². The van der Waals surface area contributed by atoms with Gasteiger partial charge in [-0.05, 0) is 45.8 Å². The van der Waals surface area contributed by atoms with Gasteiger partial charge in [0.05, 0.1) is 0 Å². The predicted octanol–water partition coefficient (Wildman–Crippen LogP) is 3.24. The molecule has 0 N–H and O–H groups in total. The molecule has 0 unspecified atom stereocenters. The van der Waals surface area contributed by atoms with Gasteiger partial charge in [0.25, 0.3) is 0 Å². The van der Waals surface area contributed by atoms with E-state index in [1.54, 1.807) is 48.5 Å². The lowest BCUT2D eigenvalue weighted by Gasteiger charge is -2.19. The largest absolute Gasteiger partial charge is 0.285 e. The summed E-state index contributed by atoms with van der Waals surface area (Å²) < 4.78 is 0. The fourth-order valence-electron chi connectivity index (χ4n) is 5.12. The highest BCUT2D eigenvalue weighted by Gasteiger charge is 2.24. The van der Waals surface area contributed by atoms with Crippen LogP contribution in [0.1, 0.15) is 0 Å². The molecule has 28 heavy (non-hydrogen) atoms. The van der Waals surface area contributed by atoms with Gasteiger partial charge in [-0.2, -0.15) is 0 Å². The third kappa shape index (κ3) is 1.26. The molecule has 0 aromatic heterocycles. The van der Waals surface area contributed by atoms with Gasteiger partial charge in [0.2, 0.25) is 21.7 Å². The molecule has 0 bridgehead atoms. The minimum absolute atomic E-state index is 0.367. The minimum atomic E-state index is -0.529. The van der Waals surface area contributed by atoms with Gasteiger partial charge in [0.15, 0.2) is 0 Å². The van der Waals surface area contributed by atoms with E-state index in [4.69, 9.17) is 0 Å². The number of benzene rings is 7. The van der Waals surface area contributed by atoms with E-state index in [9.17, 15) is 19.2 Å². The molecule has 0 fully saturated rings. The molecule has 0 saturated heterocycles. The number of hydrogen-bond acceptors (Lipinski definition) is 4. The van der Waals surface area contributed by atoms with Crippen molar-refractivity contribution in [3.8, 4) is 0 Å². The average molecular weight is 360 g/mol. The van der Waals surface area contributed by atoms with Gasteiger partial charge in [-0.3, -0.25) is 19.2 Å². The van der Waals surface area contributed by atoms with Crippen LogP contribution in [0.15, 0.2) is 67.7 Å². The standard InChI is InChI=1S/C24H8O4/c25-21-11-5-1-9-2-6-12-18-15(9)17(11)19-13(22(21)26)7-3-10-4-8-14(20(18)16(10)19)24(28)23(12)27/h1-8H. The van der Waals surface area contributed by atoms with E-state index in [-0.39, 0.29) is 0 Å². The summed E-state index contributed by atoms with van der Waals surface area (Å²) in [5, 5.41) is 7.65. The Balaban J connectivity index is 2.16. The summed E-state index contributed by atoms with van der Waals surface area (Å²) >= 11 is 0. The highest BCUT2D eigenvalue weighted by atomic mass is 16.2. The van der Waals surface area contributed by atoms with Crippen molar-refractivity contribution in [2.75, 3.05) is 0 Å². The smallest absolute Gasteiger partial charge is 0.234 e. The van der Waals surface area contributed by atoms with Crippen LogP contribution in [-0.4, -0.2) is 0 Å². The van der Waals surface area contributed by atoms with E-state index < -0.39 is 21.7 Å². The summed E-state index contributed by atoms with van der Waals surface area (Å²) in [5.74, 6) is 0. The molecule has 0 heterocycles. The van der Waals surface area contributed by atoms with Crippen LogP contribution < -0.4 is 21.7 Å². The summed E-state index contributed by atoms with van der Waals surface area (Å²) in [6, 6.07) is 14.0. The molecule has 0 spiro atoms. The quantitative estimate of drug-likeness (QED) is 0.237. The summed E-state index contributed by atoms with van der Waals surface area (Å²) in [6.07, 6.45) is 0. The first kappa shape index (κ1) is 14.2. The molecule has 0 atom stereocenters. The predicted molar refractivity (Wildman–Crippen MR) is 112 cm³/mol. The zero-order valence-electron chi connectivity index (χ0n) is 14.3. The SMILES string of the molecule is O=c1c(=O)c2ccc3ccc4c(=O)c(=O)c5ccc6ccc1c1c6c5c4c3c21.